The summed E-state index contributed by atoms with van der Waals surface area (Å²) in [5.41, 5.74) is 0. The van der Waals surface area contributed by atoms with Gasteiger partial charge in [0.1, 0.15) is 6.61 Å². The number of allylic oxidation sites excluding steroid dienone is 2. The summed E-state index contributed by atoms with van der Waals surface area (Å²) in [6.07, 6.45) is 4.41. The lowest BCUT2D eigenvalue weighted by atomic mass is 9.97. The molecule has 0 aliphatic heterocycles. The van der Waals surface area contributed by atoms with E-state index in [0.717, 1.165) is 0 Å². The maximum absolute atomic E-state index is 12.7. The highest BCUT2D eigenvalue weighted by Crippen LogP contribution is 2.12. The third kappa shape index (κ3) is 13.6. The quantitative estimate of drug-likeness (QED) is 0.189. The van der Waals surface area contributed by atoms with E-state index in [-0.39, 0.29) is 69.0 Å². The van der Waals surface area contributed by atoms with Crippen LogP contribution in [0.2, 0.25) is 0 Å². The van der Waals surface area contributed by atoms with Crippen molar-refractivity contribution in [3.05, 3.63) is 25.3 Å². The maximum Gasteiger partial charge on any atom is 0.306 e. The van der Waals surface area contributed by atoms with E-state index in [1.165, 1.54) is 0 Å². The number of aliphatic hydroxyl groups is 1. The number of aliphatic hydroxyl groups excluding tert-OH is 1. The van der Waals surface area contributed by atoms with Gasteiger partial charge in [-0.05, 0) is 18.8 Å². The number of hydrogen-bond acceptors (Lipinski definition) is 6. The predicted octanol–water partition coefficient (Wildman–Crippen LogP) is 1.34. The minimum Gasteiger partial charge on any atom is -0.463 e. The fourth-order valence-electron chi connectivity index (χ4n) is 2.39. The van der Waals surface area contributed by atoms with Crippen LogP contribution in [-0.2, 0) is 23.9 Å². The molecule has 2 atom stereocenters. The lowest BCUT2D eigenvalue weighted by Gasteiger charge is -2.25. The van der Waals surface area contributed by atoms with Gasteiger partial charge >= 0.3 is 5.97 Å². The monoisotopic (exact) mass is 412 g/mol. The van der Waals surface area contributed by atoms with Crippen LogP contribution in [-0.4, -0.2) is 61.9 Å². The van der Waals surface area contributed by atoms with Gasteiger partial charge in [0.25, 0.3) is 0 Å². The second-order valence-corrected chi connectivity index (χ2v) is 6.98. The third-order valence-electron chi connectivity index (χ3n) is 4.17. The number of carbonyl (C=O) groups is 3. The first-order chi connectivity index (χ1) is 13.8. The molecule has 0 fully saturated rings. The standard InChI is InChI=1S/C21H36N2O6/c1-5-7-9-20(26)29-15-18(16(3)4)23-21(27)17(8-6-2)14-19(25)22-10-12-28-13-11-24/h5-6,16-18,24H,1-2,7-15H2,3-4H3,(H,22,25)(H,23,27)/t17-,18+/m0/s1. The second-order valence-electron chi connectivity index (χ2n) is 6.98. The highest BCUT2D eigenvalue weighted by Gasteiger charge is 2.25. The van der Waals surface area contributed by atoms with E-state index < -0.39 is 5.92 Å². The van der Waals surface area contributed by atoms with Crippen LogP contribution in [0.4, 0.5) is 0 Å². The zero-order chi connectivity index (χ0) is 22.1. The molecule has 8 heteroatoms. The molecule has 0 saturated carbocycles. The number of nitrogens with one attached hydrogen (secondary N) is 2. The van der Waals surface area contributed by atoms with E-state index in [0.29, 0.717) is 19.4 Å². The molecule has 0 aromatic heterocycles. The first kappa shape index (κ1) is 26.8. The molecule has 0 aromatic carbocycles. The number of rotatable bonds is 17. The minimum absolute atomic E-state index is 0.0157. The van der Waals surface area contributed by atoms with E-state index in [4.69, 9.17) is 14.6 Å². The maximum atomic E-state index is 12.7. The Morgan fingerprint density at radius 2 is 1.86 bits per heavy atom. The van der Waals surface area contributed by atoms with Crippen molar-refractivity contribution < 1.29 is 29.0 Å². The Hall–Kier alpha value is -2.19. The summed E-state index contributed by atoms with van der Waals surface area (Å²) in [6, 6.07) is -0.350. The molecule has 29 heavy (non-hydrogen) atoms. The van der Waals surface area contributed by atoms with Crippen LogP contribution in [0.3, 0.4) is 0 Å². The van der Waals surface area contributed by atoms with Crippen molar-refractivity contribution in [1.82, 2.24) is 10.6 Å². The van der Waals surface area contributed by atoms with Crippen LogP contribution in [0.15, 0.2) is 25.3 Å². The largest absolute Gasteiger partial charge is 0.463 e. The number of esters is 1. The molecule has 0 spiro atoms. The third-order valence-corrected chi connectivity index (χ3v) is 4.17. The highest BCUT2D eigenvalue weighted by atomic mass is 16.5. The number of amides is 2. The molecule has 0 bridgehead atoms. The molecule has 0 aromatic rings. The van der Waals surface area contributed by atoms with Gasteiger partial charge in [0.2, 0.25) is 11.8 Å². The van der Waals surface area contributed by atoms with Gasteiger partial charge in [-0.25, -0.2) is 0 Å². The second kappa shape index (κ2) is 16.7. The Morgan fingerprint density at radius 3 is 2.45 bits per heavy atom. The first-order valence-electron chi connectivity index (χ1n) is 9.98. The molecular formula is C21H36N2O6. The van der Waals surface area contributed by atoms with Crippen molar-refractivity contribution in [2.24, 2.45) is 11.8 Å². The van der Waals surface area contributed by atoms with Gasteiger partial charge in [-0.3, -0.25) is 14.4 Å². The van der Waals surface area contributed by atoms with E-state index in [2.05, 4.69) is 23.8 Å². The van der Waals surface area contributed by atoms with Crippen molar-refractivity contribution in [2.45, 2.75) is 45.6 Å². The molecular weight excluding hydrogens is 376 g/mol. The molecule has 0 aliphatic carbocycles. The molecule has 166 valence electrons. The molecule has 3 N–H and O–H groups in total. The SMILES string of the molecule is C=CCCC(=O)OC[C@@H](NC(=O)[C@@H](CC=C)CC(=O)NCCOCCO)C(C)C. The normalized spacial score (nSPS) is 12.7. The highest BCUT2D eigenvalue weighted by molar-refractivity contribution is 5.86. The number of hydrogen-bond donors (Lipinski definition) is 3. The van der Waals surface area contributed by atoms with Gasteiger partial charge in [0.05, 0.1) is 31.8 Å². The summed E-state index contributed by atoms with van der Waals surface area (Å²) in [6.45, 7) is 11.9. The smallest absolute Gasteiger partial charge is 0.306 e. The minimum atomic E-state index is -0.566. The molecule has 0 saturated heterocycles. The molecule has 0 heterocycles. The van der Waals surface area contributed by atoms with Crippen LogP contribution in [0, 0.1) is 11.8 Å². The summed E-state index contributed by atoms with van der Waals surface area (Å²) >= 11 is 0. The van der Waals surface area contributed by atoms with Gasteiger partial charge in [0, 0.05) is 19.4 Å². The van der Waals surface area contributed by atoms with E-state index in [9.17, 15) is 14.4 Å². The summed E-state index contributed by atoms with van der Waals surface area (Å²) < 4.78 is 10.3. The summed E-state index contributed by atoms with van der Waals surface area (Å²) in [5, 5.41) is 14.2. The van der Waals surface area contributed by atoms with E-state index in [1.54, 1.807) is 12.2 Å². The molecule has 0 unspecified atom stereocenters. The lowest BCUT2D eigenvalue weighted by Crippen LogP contribution is -2.45. The molecule has 8 nitrogen and oxygen atoms in total. The fraction of sp³-hybridized carbons (Fsp3) is 0.667. The van der Waals surface area contributed by atoms with Crippen molar-refractivity contribution in [3.63, 3.8) is 0 Å². The summed E-state index contributed by atoms with van der Waals surface area (Å²) in [5.74, 6) is -1.40. The van der Waals surface area contributed by atoms with Gasteiger partial charge in [-0.1, -0.05) is 26.0 Å². The topological polar surface area (TPSA) is 114 Å². The summed E-state index contributed by atoms with van der Waals surface area (Å²) in [7, 11) is 0. The Bertz CT molecular complexity index is 521. The number of ether oxygens (including phenoxy) is 2. The van der Waals surface area contributed by atoms with Crippen molar-refractivity contribution >= 4 is 17.8 Å². The Balaban J connectivity index is 4.61. The average Bonchev–Trinajstić information content (AvgIpc) is 2.68. The molecule has 0 aliphatic rings. The van der Waals surface area contributed by atoms with Crippen LogP contribution in [0.25, 0.3) is 0 Å². The predicted molar refractivity (Wildman–Crippen MR) is 111 cm³/mol. The van der Waals surface area contributed by atoms with Crippen LogP contribution < -0.4 is 10.6 Å². The molecule has 2 amide bonds. The Morgan fingerprint density at radius 1 is 1.14 bits per heavy atom. The van der Waals surface area contributed by atoms with Gasteiger partial charge in [-0.2, -0.15) is 0 Å². The van der Waals surface area contributed by atoms with Crippen molar-refractivity contribution in [2.75, 3.05) is 33.0 Å². The zero-order valence-corrected chi connectivity index (χ0v) is 17.7. The van der Waals surface area contributed by atoms with E-state index >= 15 is 0 Å². The lowest BCUT2D eigenvalue weighted by molar-refractivity contribution is -0.145. The van der Waals surface area contributed by atoms with Gasteiger partial charge in [-0.15, -0.1) is 13.2 Å². The first-order valence-corrected chi connectivity index (χ1v) is 9.98. The molecule has 0 radical (unpaired) electrons. The summed E-state index contributed by atoms with van der Waals surface area (Å²) in [4.78, 5) is 36.5. The molecule has 0 rings (SSSR count). The fourth-order valence-corrected chi connectivity index (χ4v) is 2.39. The van der Waals surface area contributed by atoms with Crippen LogP contribution in [0.5, 0.6) is 0 Å². The zero-order valence-electron chi connectivity index (χ0n) is 17.7. The number of carbonyl (C=O) groups excluding carboxylic acids is 3. The van der Waals surface area contributed by atoms with Crippen LogP contribution >= 0.6 is 0 Å². The van der Waals surface area contributed by atoms with Crippen LogP contribution in [0.1, 0.15) is 39.5 Å². The average molecular weight is 413 g/mol. The van der Waals surface area contributed by atoms with Gasteiger partial charge < -0.3 is 25.2 Å². The van der Waals surface area contributed by atoms with Crippen molar-refractivity contribution in [3.8, 4) is 0 Å². The van der Waals surface area contributed by atoms with E-state index in [1.807, 2.05) is 13.8 Å². The van der Waals surface area contributed by atoms with Crippen molar-refractivity contribution in [1.29, 1.82) is 0 Å². The Kier molecular flexibility index (Phi) is 15.5. The van der Waals surface area contributed by atoms with Gasteiger partial charge in [0.15, 0.2) is 0 Å². The Labute approximate surface area is 173 Å².